The number of para-hydroxylation sites is 1. The summed E-state index contributed by atoms with van der Waals surface area (Å²) in [4.78, 5) is 30.8. The first-order chi connectivity index (χ1) is 11.6. The molecule has 2 amide bonds. The molecule has 1 aromatic carbocycles. The number of nitrogens with zero attached hydrogens (tertiary/aromatic N) is 2. The van der Waals surface area contributed by atoms with Crippen LogP contribution in [0.5, 0.6) is 0 Å². The zero-order valence-corrected chi connectivity index (χ0v) is 14.5. The van der Waals surface area contributed by atoms with Crippen molar-refractivity contribution in [1.29, 1.82) is 0 Å². The van der Waals surface area contributed by atoms with E-state index in [2.05, 4.69) is 26.2 Å². The lowest BCUT2D eigenvalue weighted by Crippen LogP contribution is -2.41. The van der Waals surface area contributed by atoms with Gasteiger partial charge < -0.3 is 15.0 Å². The van der Waals surface area contributed by atoms with Crippen LogP contribution in [0, 0.1) is 0 Å². The Morgan fingerprint density at radius 2 is 1.92 bits per heavy atom. The normalized spacial score (nSPS) is 14.3. The molecule has 6 nitrogen and oxygen atoms in total. The van der Waals surface area contributed by atoms with Crippen molar-refractivity contribution in [2.24, 2.45) is 0 Å². The van der Waals surface area contributed by atoms with Crippen LogP contribution in [0.2, 0.25) is 0 Å². The molecule has 7 heteroatoms. The minimum absolute atomic E-state index is 0.110. The van der Waals surface area contributed by atoms with E-state index >= 15 is 0 Å². The Hall–Kier alpha value is -2.25. The molecule has 0 aliphatic carbocycles. The highest BCUT2D eigenvalue weighted by atomic mass is 79.9. The summed E-state index contributed by atoms with van der Waals surface area (Å²) in [6.45, 7) is 2.17. The summed E-state index contributed by atoms with van der Waals surface area (Å²) < 4.78 is 5.99. The summed E-state index contributed by atoms with van der Waals surface area (Å²) in [5, 5.41) is 2.80. The lowest BCUT2D eigenvalue weighted by Gasteiger charge is -2.27. The average molecular weight is 390 g/mol. The number of morpholine rings is 1. The Labute approximate surface area is 148 Å². The number of anilines is 1. The number of benzene rings is 1. The fraction of sp³-hybridized carbons (Fsp3) is 0.235. The molecule has 124 valence electrons. The molecule has 2 aromatic rings. The highest BCUT2D eigenvalue weighted by Crippen LogP contribution is 2.19. The molecule has 1 fully saturated rings. The minimum atomic E-state index is -0.314. The van der Waals surface area contributed by atoms with Gasteiger partial charge in [-0.1, -0.05) is 12.1 Å². The number of ether oxygens (including phenoxy) is 1. The number of aromatic nitrogens is 1. The molecule has 2 heterocycles. The Morgan fingerprint density at radius 3 is 2.67 bits per heavy atom. The molecule has 1 aliphatic heterocycles. The van der Waals surface area contributed by atoms with E-state index in [1.165, 1.54) is 6.20 Å². The van der Waals surface area contributed by atoms with Crippen LogP contribution in [-0.4, -0.2) is 48.0 Å². The quantitative estimate of drug-likeness (QED) is 0.875. The van der Waals surface area contributed by atoms with Crippen molar-refractivity contribution < 1.29 is 14.3 Å². The van der Waals surface area contributed by atoms with Crippen LogP contribution in [0.4, 0.5) is 5.69 Å². The maximum Gasteiger partial charge on any atom is 0.257 e. The molecule has 0 bridgehead atoms. The lowest BCUT2D eigenvalue weighted by molar-refractivity contribution is 0.0303. The Balaban J connectivity index is 1.81. The Morgan fingerprint density at radius 1 is 1.17 bits per heavy atom. The van der Waals surface area contributed by atoms with Gasteiger partial charge in [0.15, 0.2) is 0 Å². The highest BCUT2D eigenvalue weighted by Gasteiger charge is 2.21. The monoisotopic (exact) mass is 389 g/mol. The van der Waals surface area contributed by atoms with E-state index in [4.69, 9.17) is 4.74 Å². The van der Waals surface area contributed by atoms with Gasteiger partial charge in [0.1, 0.15) is 0 Å². The van der Waals surface area contributed by atoms with E-state index in [1.54, 1.807) is 41.4 Å². The lowest BCUT2D eigenvalue weighted by atomic mass is 10.1. The fourth-order valence-corrected chi connectivity index (χ4v) is 2.81. The zero-order valence-electron chi connectivity index (χ0n) is 12.9. The number of nitrogens with one attached hydrogen (secondary N) is 1. The molecule has 0 saturated carbocycles. The van der Waals surface area contributed by atoms with Gasteiger partial charge in [0.05, 0.1) is 30.0 Å². The predicted molar refractivity (Wildman–Crippen MR) is 93.1 cm³/mol. The molecule has 0 atom stereocenters. The third-order valence-corrected chi connectivity index (χ3v) is 4.10. The average Bonchev–Trinajstić information content (AvgIpc) is 2.62. The van der Waals surface area contributed by atoms with Gasteiger partial charge in [-0.25, -0.2) is 0 Å². The Kier molecular flexibility index (Phi) is 5.22. The molecule has 1 saturated heterocycles. The van der Waals surface area contributed by atoms with Gasteiger partial charge in [-0.05, 0) is 34.1 Å². The van der Waals surface area contributed by atoms with Gasteiger partial charge in [-0.3, -0.25) is 14.6 Å². The maximum absolute atomic E-state index is 12.7. The van der Waals surface area contributed by atoms with Gasteiger partial charge in [0, 0.05) is 30.0 Å². The van der Waals surface area contributed by atoms with Crippen LogP contribution >= 0.6 is 15.9 Å². The van der Waals surface area contributed by atoms with Crippen LogP contribution in [0.25, 0.3) is 0 Å². The van der Waals surface area contributed by atoms with Gasteiger partial charge >= 0.3 is 0 Å². The third-order valence-electron chi connectivity index (χ3n) is 3.67. The van der Waals surface area contributed by atoms with E-state index < -0.39 is 0 Å². The van der Waals surface area contributed by atoms with Crippen LogP contribution in [0.3, 0.4) is 0 Å². The molecule has 1 aromatic heterocycles. The highest BCUT2D eigenvalue weighted by molar-refractivity contribution is 9.10. The number of halogens is 1. The zero-order chi connectivity index (χ0) is 16.9. The van der Waals surface area contributed by atoms with Crippen LogP contribution in [0.1, 0.15) is 20.7 Å². The van der Waals surface area contributed by atoms with Crippen molar-refractivity contribution >= 4 is 33.4 Å². The topological polar surface area (TPSA) is 71.5 Å². The predicted octanol–water partition coefficient (Wildman–Crippen LogP) is 2.57. The standard InChI is InChI=1S/C17H16BrN3O3/c18-13-9-12(10-19-11-13)16(22)20-15-4-2-1-3-14(15)17(23)21-5-7-24-8-6-21/h1-4,9-11H,5-8H2,(H,20,22). The van der Waals surface area contributed by atoms with Gasteiger partial charge in [-0.15, -0.1) is 0 Å². The molecule has 0 radical (unpaired) electrons. The number of hydrogen-bond acceptors (Lipinski definition) is 4. The van der Waals surface area contributed by atoms with Gasteiger partial charge in [0.2, 0.25) is 0 Å². The van der Waals surface area contributed by atoms with Gasteiger partial charge in [-0.2, -0.15) is 0 Å². The van der Waals surface area contributed by atoms with Crippen molar-refractivity contribution in [2.75, 3.05) is 31.6 Å². The van der Waals surface area contributed by atoms with Gasteiger partial charge in [0.25, 0.3) is 11.8 Å². The molecule has 24 heavy (non-hydrogen) atoms. The molecular weight excluding hydrogens is 374 g/mol. The summed E-state index contributed by atoms with van der Waals surface area (Å²) in [5.41, 5.74) is 1.37. The number of carbonyl (C=O) groups is 2. The largest absolute Gasteiger partial charge is 0.378 e. The van der Waals surface area contributed by atoms with E-state index in [1.807, 2.05) is 0 Å². The first-order valence-electron chi connectivity index (χ1n) is 7.53. The second kappa shape index (κ2) is 7.55. The number of pyridine rings is 1. The van der Waals surface area contributed by atoms with Crippen LogP contribution in [-0.2, 0) is 4.74 Å². The SMILES string of the molecule is O=C(Nc1ccccc1C(=O)N1CCOCC1)c1cncc(Br)c1. The smallest absolute Gasteiger partial charge is 0.257 e. The second-order valence-corrected chi connectivity index (χ2v) is 6.21. The van der Waals surface area contributed by atoms with Crippen molar-refractivity contribution in [2.45, 2.75) is 0 Å². The number of carbonyl (C=O) groups excluding carboxylic acids is 2. The first-order valence-corrected chi connectivity index (χ1v) is 8.32. The van der Waals surface area contributed by atoms with Crippen molar-refractivity contribution in [3.05, 3.63) is 58.3 Å². The Bertz CT molecular complexity index is 760. The molecular formula is C17H16BrN3O3. The molecule has 0 spiro atoms. The fourth-order valence-electron chi connectivity index (χ4n) is 2.45. The van der Waals surface area contributed by atoms with Crippen molar-refractivity contribution in [1.82, 2.24) is 9.88 Å². The summed E-state index contributed by atoms with van der Waals surface area (Å²) in [6, 6.07) is 8.67. The van der Waals surface area contributed by atoms with Crippen molar-refractivity contribution in [3.8, 4) is 0 Å². The van der Waals surface area contributed by atoms with E-state index in [9.17, 15) is 9.59 Å². The summed E-state index contributed by atoms with van der Waals surface area (Å²) in [5.74, 6) is -0.424. The molecule has 1 aliphatic rings. The summed E-state index contributed by atoms with van der Waals surface area (Å²) >= 11 is 3.29. The second-order valence-electron chi connectivity index (χ2n) is 5.30. The number of amides is 2. The molecule has 1 N–H and O–H groups in total. The minimum Gasteiger partial charge on any atom is -0.378 e. The summed E-state index contributed by atoms with van der Waals surface area (Å²) in [7, 11) is 0. The first kappa shape index (κ1) is 16.6. The maximum atomic E-state index is 12.7. The molecule has 0 unspecified atom stereocenters. The van der Waals surface area contributed by atoms with E-state index in [-0.39, 0.29) is 11.8 Å². The van der Waals surface area contributed by atoms with Crippen LogP contribution in [0.15, 0.2) is 47.2 Å². The van der Waals surface area contributed by atoms with E-state index in [0.717, 1.165) is 0 Å². The number of rotatable bonds is 3. The number of hydrogen-bond donors (Lipinski definition) is 1. The molecule has 3 rings (SSSR count). The van der Waals surface area contributed by atoms with Crippen molar-refractivity contribution in [3.63, 3.8) is 0 Å². The van der Waals surface area contributed by atoms with E-state index in [0.29, 0.717) is 47.6 Å². The summed E-state index contributed by atoms with van der Waals surface area (Å²) in [6.07, 6.45) is 3.08. The third kappa shape index (κ3) is 3.80. The van der Waals surface area contributed by atoms with Crippen LogP contribution < -0.4 is 5.32 Å².